The summed E-state index contributed by atoms with van der Waals surface area (Å²) in [7, 11) is 0. The molecule has 3 nitrogen and oxygen atoms in total. The summed E-state index contributed by atoms with van der Waals surface area (Å²) in [5.74, 6) is 0.209. The van der Waals surface area contributed by atoms with Crippen molar-refractivity contribution in [2.75, 3.05) is 13.2 Å². The van der Waals surface area contributed by atoms with Crippen LogP contribution in [0.25, 0.3) is 6.08 Å². The van der Waals surface area contributed by atoms with Crippen LogP contribution >= 0.6 is 0 Å². The van der Waals surface area contributed by atoms with Gasteiger partial charge < -0.3 is 9.47 Å². The highest BCUT2D eigenvalue weighted by Gasteiger charge is 2.17. The van der Waals surface area contributed by atoms with Gasteiger partial charge >= 0.3 is 5.97 Å². The molecule has 0 amide bonds. The van der Waals surface area contributed by atoms with Gasteiger partial charge in [0, 0.05) is 6.42 Å². The summed E-state index contributed by atoms with van der Waals surface area (Å²) >= 11 is 0. The van der Waals surface area contributed by atoms with E-state index in [9.17, 15) is 4.79 Å². The van der Waals surface area contributed by atoms with Crippen molar-refractivity contribution < 1.29 is 14.3 Å². The Balaban J connectivity index is 2.38. The van der Waals surface area contributed by atoms with Crippen LogP contribution in [0.4, 0.5) is 0 Å². The minimum absolute atomic E-state index is 0.332. The summed E-state index contributed by atoms with van der Waals surface area (Å²) in [4.78, 5) is 12.5. The van der Waals surface area contributed by atoms with Crippen molar-refractivity contribution >= 4 is 12.0 Å². The first-order valence-electron chi connectivity index (χ1n) is 8.54. The average molecular weight is 336 g/mol. The van der Waals surface area contributed by atoms with E-state index < -0.39 is 0 Å². The van der Waals surface area contributed by atoms with E-state index in [1.54, 1.807) is 6.92 Å². The van der Waals surface area contributed by atoms with Crippen LogP contribution in [-0.2, 0) is 20.7 Å². The van der Waals surface area contributed by atoms with Crippen molar-refractivity contribution in [3.63, 3.8) is 0 Å². The molecule has 25 heavy (non-hydrogen) atoms. The van der Waals surface area contributed by atoms with E-state index in [-0.39, 0.29) is 5.97 Å². The van der Waals surface area contributed by atoms with Crippen molar-refractivity contribution in [3.05, 3.63) is 89.2 Å². The largest absolute Gasteiger partial charge is 0.493 e. The van der Waals surface area contributed by atoms with Gasteiger partial charge in [0.2, 0.25) is 0 Å². The van der Waals surface area contributed by atoms with Crippen LogP contribution in [0, 0.1) is 0 Å². The van der Waals surface area contributed by atoms with Gasteiger partial charge in [-0.1, -0.05) is 66.7 Å². The normalized spacial score (nSPS) is 11.9. The first kappa shape index (κ1) is 18.5. The van der Waals surface area contributed by atoms with Crippen LogP contribution in [0.5, 0.6) is 0 Å². The Bertz CT molecular complexity index is 715. The van der Waals surface area contributed by atoms with E-state index in [0.29, 0.717) is 31.0 Å². The minimum atomic E-state index is -0.340. The predicted octanol–water partition coefficient (Wildman–Crippen LogP) is 4.80. The van der Waals surface area contributed by atoms with Crippen molar-refractivity contribution in [3.8, 4) is 0 Å². The molecule has 0 N–H and O–H groups in total. The van der Waals surface area contributed by atoms with Crippen molar-refractivity contribution in [2.45, 2.75) is 20.3 Å². The molecule has 0 aromatic heterocycles. The van der Waals surface area contributed by atoms with E-state index in [1.165, 1.54) is 0 Å². The molecule has 0 atom stereocenters. The first-order chi connectivity index (χ1) is 12.2. The number of hydrogen-bond donors (Lipinski definition) is 0. The highest BCUT2D eigenvalue weighted by molar-refractivity contribution is 5.90. The number of benzene rings is 2. The van der Waals surface area contributed by atoms with E-state index in [1.807, 2.05) is 79.7 Å². The fraction of sp³-hybridized carbons (Fsp3) is 0.227. The molecule has 2 aromatic rings. The van der Waals surface area contributed by atoms with E-state index >= 15 is 0 Å². The number of ether oxygens (including phenoxy) is 2. The zero-order chi connectivity index (χ0) is 17.9. The molecule has 130 valence electrons. The molecule has 0 fully saturated rings. The number of carbonyl (C=O) groups excluding carboxylic acids is 1. The summed E-state index contributed by atoms with van der Waals surface area (Å²) in [6.07, 6.45) is 4.25. The van der Waals surface area contributed by atoms with Gasteiger partial charge in [-0.3, -0.25) is 0 Å². The first-order valence-corrected chi connectivity index (χ1v) is 8.54. The molecule has 0 radical (unpaired) electrons. The molecule has 0 aliphatic heterocycles. The summed E-state index contributed by atoms with van der Waals surface area (Å²) in [5.41, 5.74) is 2.61. The Labute approximate surface area is 149 Å². The second-order valence-electron chi connectivity index (χ2n) is 5.40. The Morgan fingerprint density at radius 2 is 1.48 bits per heavy atom. The number of carbonyl (C=O) groups is 1. The molecule has 0 heterocycles. The molecule has 0 aliphatic rings. The minimum Gasteiger partial charge on any atom is -0.493 e. The van der Waals surface area contributed by atoms with E-state index in [4.69, 9.17) is 9.47 Å². The number of rotatable bonds is 8. The lowest BCUT2D eigenvalue weighted by Crippen LogP contribution is -2.13. The fourth-order valence-corrected chi connectivity index (χ4v) is 2.41. The van der Waals surface area contributed by atoms with Gasteiger partial charge in [-0.15, -0.1) is 0 Å². The SMILES string of the molecule is CCOC(=O)/C(Cc1ccccc1)=C(/C=C/c1ccccc1)OCC. The highest BCUT2D eigenvalue weighted by Crippen LogP contribution is 2.18. The van der Waals surface area contributed by atoms with Crippen LogP contribution in [0.15, 0.2) is 78.1 Å². The van der Waals surface area contributed by atoms with Crippen LogP contribution < -0.4 is 0 Å². The predicted molar refractivity (Wildman–Crippen MR) is 101 cm³/mol. The molecule has 0 spiro atoms. The fourth-order valence-electron chi connectivity index (χ4n) is 2.41. The maximum absolute atomic E-state index is 12.5. The standard InChI is InChI=1S/C22H24O3/c1-3-24-21(16-15-18-11-7-5-8-12-18)20(22(23)25-4-2)17-19-13-9-6-10-14-19/h5-16H,3-4,17H2,1-2H3/b16-15+,21-20-. The van der Waals surface area contributed by atoms with Gasteiger partial charge in [0.1, 0.15) is 5.76 Å². The van der Waals surface area contributed by atoms with Crippen molar-refractivity contribution in [1.82, 2.24) is 0 Å². The molecule has 0 bridgehead atoms. The molecule has 0 saturated heterocycles. The summed E-state index contributed by atoms with van der Waals surface area (Å²) in [6.45, 7) is 4.52. The second-order valence-corrected chi connectivity index (χ2v) is 5.40. The maximum atomic E-state index is 12.5. The number of hydrogen-bond acceptors (Lipinski definition) is 3. The topological polar surface area (TPSA) is 35.5 Å². The van der Waals surface area contributed by atoms with Gasteiger partial charge in [0.05, 0.1) is 18.8 Å². The zero-order valence-electron chi connectivity index (χ0n) is 14.8. The smallest absolute Gasteiger partial charge is 0.338 e. The molecule has 2 rings (SSSR count). The van der Waals surface area contributed by atoms with Crippen LogP contribution in [0.3, 0.4) is 0 Å². The van der Waals surface area contributed by atoms with Crippen molar-refractivity contribution in [1.29, 1.82) is 0 Å². The third-order valence-electron chi connectivity index (χ3n) is 3.57. The van der Waals surface area contributed by atoms with Crippen LogP contribution in [0.1, 0.15) is 25.0 Å². The lowest BCUT2D eigenvalue weighted by Gasteiger charge is -2.13. The maximum Gasteiger partial charge on any atom is 0.338 e. The Morgan fingerprint density at radius 3 is 2.08 bits per heavy atom. The Morgan fingerprint density at radius 1 is 0.880 bits per heavy atom. The van der Waals surface area contributed by atoms with Gasteiger partial charge in [-0.05, 0) is 31.1 Å². The lowest BCUT2D eigenvalue weighted by atomic mass is 10.0. The highest BCUT2D eigenvalue weighted by atomic mass is 16.5. The summed E-state index contributed by atoms with van der Waals surface area (Å²) in [5, 5.41) is 0. The zero-order valence-corrected chi connectivity index (χ0v) is 14.8. The summed E-state index contributed by atoms with van der Waals surface area (Å²) in [6, 6.07) is 19.8. The monoisotopic (exact) mass is 336 g/mol. The number of allylic oxidation sites excluding steroid dienone is 1. The van der Waals surface area contributed by atoms with Gasteiger partial charge in [-0.25, -0.2) is 4.79 Å². The van der Waals surface area contributed by atoms with Gasteiger partial charge in [-0.2, -0.15) is 0 Å². The summed E-state index contributed by atoms with van der Waals surface area (Å²) < 4.78 is 11.0. The van der Waals surface area contributed by atoms with E-state index in [0.717, 1.165) is 11.1 Å². The number of esters is 1. The molecular formula is C22H24O3. The molecule has 0 saturated carbocycles. The molecule has 2 aromatic carbocycles. The third kappa shape index (κ3) is 5.96. The lowest BCUT2D eigenvalue weighted by molar-refractivity contribution is -0.138. The van der Waals surface area contributed by atoms with Crippen LogP contribution in [0.2, 0.25) is 0 Å². The molecule has 3 heteroatoms. The molecular weight excluding hydrogens is 312 g/mol. The second kappa shape index (κ2) is 10.1. The quantitative estimate of drug-likeness (QED) is 0.301. The van der Waals surface area contributed by atoms with Crippen molar-refractivity contribution in [2.24, 2.45) is 0 Å². The molecule has 0 unspecified atom stereocenters. The Kier molecular flexibility index (Phi) is 7.51. The van der Waals surface area contributed by atoms with Gasteiger partial charge in [0.25, 0.3) is 0 Å². The Hall–Kier alpha value is -2.81. The van der Waals surface area contributed by atoms with E-state index in [2.05, 4.69) is 0 Å². The third-order valence-corrected chi connectivity index (χ3v) is 3.57. The molecule has 0 aliphatic carbocycles. The average Bonchev–Trinajstić information content (AvgIpc) is 2.65. The van der Waals surface area contributed by atoms with Crippen LogP contribution in [-0.4, -0.2) is 19.2 Å². The van der Waals surface area contributed by atoms with Gasteiger partial charge in [0.15, 0.2) is 0 Å².